The van der Waals surface area contributed by atoms with E-state index in [0.717, 1.165) is 68.1 Å². The molecule has 3 amide bonds. The largest absolute Gasteiger partial charge is 0.353 e. The highest BCUT2D eigenvalue weighted by Crippen LogP contribution is 2.37. The first kappa shape index (κ1) is 23.6. The van der Waals surface area contributed by atoms with Gasteiger partial charge in [0.05, 0.1) is 11.7 Å². The SMILES string of the molecule is CN1CCN(C(CNC(=O)C(=O)Nc2cc3c4c(c2)CCC(=O)N4CCC3)c2cccn2C)CC1. The maximum Gasteiger partial charge on any atom is 0.313 e. The van der Waals surface area contributed by atoms with Crippen molar-refractivity contribution in [1.82, 2.24) is 19.7 Å². The molecule has 186 valence electrons. The molecule has 0 spiro atoms. The molecular formula is C26H34N6O3. The lowest BCUT2D eigenvalue weighted by molar-refractivity contribution is -0.136. The van der Waals surface area contributed by atoms with E-state index >= 15 is 0 Å². The molecule has 1 saturated heterocycles. The lowest BCUT2D eigenvalue weighted by atomic mass is 9.91. The molecule has 1 aromatic carbocycles. The maximum absolute atomic E-state index is 12.8. The Kier molecular flexibility index (Phi) is 6.62. The van der Waals surface area contributed by atoms with Gasteiger partial charge in [-0.05, 0) is 61.7 Å². The molecule has 0 bridgehead atoms. The molecule has 4 heterocycles. The molecule has 5 rings (SSSR count). The van der Waals surface area contributed by atoms with Gasteiger partial charge in [0.1, 0.15) is 0 Å². The second-order valence-electron chi connectivity index (χ2n) is 9.86. The smallest absolute Gasteiger partial charge is 0.313 e. The first-order chi connectivity index (χ1) is 16.9. The number of carbonyl (C=O) groups is 3. The highest BCUT2D eigenvalue weighted by molar-refractivity contribution is 6.39. The number of anilines is 2. The van der Waals surface area contributed by atoms with Gasteiger partial charge in [0.25, 0.3) is 0 Å². The van der Waals surface area contributed by atoms with Crippen molar-refractivity contribution in [2.75, 3.05) is 56.5 Å². The second-order valence-corrected chi connectivity index (χ2v) is 9.86. The molecule has 1 aromatic heterocycles. The van der Waals surface area contributed by atoms with Gasteiger partial charge in [-0.3, -0.25) is 19.3 Å². The predicted molar refractivity (Wildman–Crippen MR) is 134 cm³/mol. The summed E-state index contributed by atoms with van der Waals surface area (Å²) >= 11 is 0. The summed E-state index contributed by atoms with van der Waals surface area (Å²) < 4.78 is 2.07. The summed E-state index contributed by atoms with van der Waals surface area (Å²) in [6.45, 7) is 4.87. The average molecular weight is 479 g/mol. The summed E-state index contributed by atoms with van der Waals surface area (Å²) in [6, 6.07) is 7.89. The second kappa shape index (κ2) is 9.83. The van der Waals surface area contributed by atoms with Crippen molar-refractivity contribution in [3.63, 3.8) is 0 Å². The van der Waals surface area contributed by atoms with Crippen LogP contribution in [0.2, 0.25) is 0 Å². The highest BCUT2D eigenvalue weighted by atomic mass is 16.2. The Morgan fingerprint density at radius 2 is 1.71 bits per heavy atom. The minimum absolute atomic E-state index is 0.00262. The monoisotopic (exact) mass is 478 g/mol. The first-order valence-corrected chi connectivity index (χ1v) is 12.5. The first-order valence-electron chi connectivity index (χ1n) is 12.5. The normalized spacial score (nSPS) is 19.3. The van der Waals surface area contributed by atoms with Crippen LogP contribution in [-0.2, 0) is 34.3 Å². The van der Waals surface area contributed by atoms with Crippen molar-refractivity contribution in [3.8, 4) is 0 Å². The van der Waals surface area contributed by atoms with E-state index < -0.39 is 11.8 Å². The summed E-state index contributed by atoms with van der Waals surface area (Å²) in [5.41, 5.74) is 4.87. The topological polar surface area (TPSA) is 89.9 Å². The minimum Gasteiger partial charge on any atom is -0.353 e. The zero-order valence-electron chi connectivity index (χ0n) is 20.5. The maximum atomic E-state index is 12.8. The van der Waals surface area contributed by atoms with Gasteiger partial charge in [0, 0.05) is 70.3 Å². The van der Waals surface area contributed by atoms with Gasteiger partial charge in [-0.1, -0.05) is 0 Å². The van der Waals surface area contributed by atoms with E-state index in [1.165, 1.54) is 0 Å². The van der Waals surface area contributed by atoms with E-state index in [0.29, 0.717) is 25.1 Å². The van der Waals surface area contributed by atoms with E-state index in [-0.39, 0.29) is 11.9 Å². The zero-order chi connectivity index (χ0) is 24.5. The van der Waals surface area contributed by atoms with Crippen LogP contribution in [0.3, 0.4) is 0 Å². The molecule has 0 aliphatic carbocycles. The van der Waals surface area contributed by atoms with Crippen LogP contribution in [0.5, 0.6) is 0 Å². The molecule has 1 fully saturated rings. The average Bonchev–Trinajstić information content (AvgIpc) is 3.28. The van der Waals surface area contributed by atoms with Gasteiger partial charge in [0.15, 0.2) is 0 Å². The number of amides is 3. The number of piperazine rings is 1. The van der Waals surface area contributed by atoms with Crippen LogP contribution in [-0.4, -0.2) is 78.4 Å². The van der Waals surface area contributed by atoms with E-state index in [2.05, 4.69) is 38.1 Å². The molecule has 35 heavy (non-hydrogen) atoms. The lowest BCUT2D eigenvalue weighted by Gasteiger charge is -2.38. The fourth-order valence-corrected chi connectivity index (χ4v) is 5.56. The van der Waals surface area contributed by atoms with Crippen molar-refractivity contribution < 1.29 is 14.4 Å². The number of likely N-dealkylation sites (N-methyl/N-ethyl adjacent to an activating group) is 1. The molecule has 0 saturated carbocycles. The van der Waals surface area contributed by atoms with Crippen molar-refractivity contribution in [1.29, 1.82) is 0 Å². The van der Waals surface area contributed by atoms with Crippen molar-refractivity contribution in [3.05, 3.63) is 47.3 Å². The Labute approximate surface area is 206 Å². The molecule has 2 aromatic rings. The van der Waals surface area contributed by atoms with Crippen LogP contribution >= 0.6 is 0 Å². The van der Waals surface area contributed by atoms with E-state index in [4.69, 9.17) is 0 Å². The summed E-state index contributed by atoms with van der Waals surface area (Å²) in [6.07, 6.45) is 4.92. The number of aryl methyl sites for hydroxylation is 3. The number of nitrogens with one attached hydrogen (secondary N) is 2. The number of hydrogen-bond donors (Lipinski definition) is 2. The molecule has 0 radical (unpaired) electrons. The van der Waals surface area contributed by atoms with Gasteiger partial charge < -0.3 is 25.0 Å². The van der Waals surface area contributed by atoms with Crippen LogP contribution in [0.25, 0.3) is 0 Å². The summed E-state index contributed by atoms with van der Waals surface area (Å²) in [5.74, 6) is -1.13. The van der Waals surface area contributed by atoms with E-state index in [9.17, 15) is 14.4 Å². The van der Waals surface area contributed by atoms with Crippen LogP contribution < -0.4 is 15.5 Å². The summed E-state index contributed by atoms with van der Waals surface area (Å²) in [4.78, 5) is 44.4. The Morgan fingerprint density at radius 1 is 0.971 bits per heavy atom. The van der Waals surface area contributed by atoms with Crippen LogP contribution in [0, 0.1) is 0 Å². The van der Waals surface area contributed by atoms with Crippen molar-refractivity contribution in [2.24, 2.45) is 7.05 Å². The standard InChI is InChI=1S/C26H34N6O3/c1-29-11-13-31(14-12-29)22(21-6-4-9-30(21)2)17-27-25(34)26(35)28-20-15-18-5-3-10-32-23(33)8-7-19(16-20)24(18)32/h4,6,9,15-16,22H,3,5,7-8,10-14,17H2,1-2H3,(H,27,34)(H,28,35). The number of hydrogen-bond acceptors (Lipinski definition) is 5. The minimum atomic E-state index is -0.666. The number of rotatable bonds is 5. The predicted octanol–water partition coefficient (Wildman–Crippen LogP) is 1.29. The van der Waals surface area contributed by atoms with Crippen LogP contribution in [0.4, 0.5) is 11.4 Å². The van der Waals surface area contributed by atoms with E-state index in [1.54, 1.807) is 0 Å². The van der Waals surface area contributed by atoms with Crippen LogP contribution in [0.15, 0.2) is 30.5 Å². The molecule has 2 N–H and O–H groups in total. The molecule has 1 unspecified atom stereocenters. The fraction of sp³-hybridized carbons (Fsp3) is 0.500. The Bertz CT molecular complexity index is 1120. The van der Waals surface area contributed by atoms with Crippen molar-refractivity contribution in [2.45, 2.75) is 31.7 Å². The number of benzene rings is 1. The number of nitrogens with zero attached hydrogens (tertiary/aromatic N) is 4. The molecular weight excluding hydrogens is 444 g/mol. The van der Waals surface area contributed by atoms with Gasteiger partial charge >= 0.3 is 11.8 Å². The summed E-state index contributed by atoms with van der Waals surface area (Å²) in [5, 5.41) is 5.66. The Hall–Kier alpha value is -3.17. The van der Waals surface area contributed by atoms with E-state index in [1.807, 2.05) is 36.3 Å². The van der Waals surface area contributed by atoms with Crippen LogP contribution in [0.1, 0.15) is 35.7 Å². The molecule has 1 atom stereocenters. The highest BCUT2D eigenvalue weighted by Gasteiger charge is 2.30. The Balaban J connectivity index is 1.26. The third kappa shape index (κ3) is 4.83. The molecule has 3 aliphatic heterocycles. The van der Waals surface area contributed by atoms with Crippen molar-refractivity contribution >= 4 is 29.1 Å². The van der Waals surface area contributed by atoms with Gasteiger partial charge in [-0.2, -0.15) is 0 Å². The zero-order valence-corrected chi connectivity index (χ0v) is 20.5. The lowest BCUT2D eigenvalue weighted by Crippen LogP contribution is -2.49. The van der Waals surface area contributed by atoms with Gasteiger partial charge in [-0.15, -0.1) is 0 Å². The fourth-order valence-electron chi connectivity index (χ4n) is 5.56. The third-order valence-corrected chi connectivity index (χ3v) is 7.50. The quantitative estimate of drug-likeness (QED) is 0.633. The molecule has 9 heteroatoms. The number of carbonyl (C=O) groups excluding carboxylic acids is 3. The Morgan fingerprint density at radius 3 is 2.43 bits per heavy atom. The summed E-state index contributed by atoms with van der Waals surface area (Å²) in [7, 11) is 4.12. The molecule has 3 aliphatic rings. The number of aromatic nitrogens is 1. The van der Waals surface area contributed by atoms with Gasteiger partial charge in [-0.25, -0.2) is 0 Å². The van der Waals surface area contributed by atoms with Gasteiger partial charge in [0.2, 0.25) is 5.91 Å². The third-order valence-electron chi connectivity index (χ3n) is 7.50. The molecule has 9 nitrogen and oxygen atoms in total.